The number of hydrogen-bond donors (Lipinski definition) is 1. The molecule has 4 nitrogen and oxygen atoms in total. The quantitative estimate of drug-likeness (QED) is 0.824. The van der Waals surface area contributed by atoms with Crippen molar-refractivity contribution in [2.45, 2.75) is 6.43 Å². The highest BCUT2D eigenvalue weighted by atomic mass is 127. The maximum atomic E-state index is 12.3. The zero-order valence-electron chi connectivity index (χ0n) is 7.78. The number of hydrogen-bond acceptors (Lipinski definition) is 4. The molecule has 0 aliphatic rings. The first-order valence-electron chi connectivity index (χ1n) is 4.24. The monoisotopic (exact) mass is 329 g/mol. The average Bonchev–Trinajstić information content (AvgIpc) is 2.17. The molecule has 0 unspecified atom stereocenters. The Morgan fingerprint density at radius 1 is 1.53 bits per heavy atom. The van der Waals surface area contributed by atoms with Gasteiger partial charge in [0.1, 0.15) is 12.1 Å². The number of halogens is 3. The summed E-state index contributed by atoms with van der Waals surface area (Å²) >= 11 is 1.97. The Morgan fingerprint density at radius 2 is 2.27 bits per heavy atom. The number of aliphatic hydroxyl groups is 1. The normalized spacial score (nSPS) is 10.7. The molecule has 15 heavy (non-hydrogen) atoms. The molecule has 7 heteroatoms. The van der Waals surface area contributed by atoms with E-state index in [1.165, 1.54) is 11.2 Å². The van der Waals surface area contributed by atoms with Gasteiger partial charge in [-0.05, 0) is 22.6 Å². The summed E-state index contributed by atoms with van der Waals surface area (Å²) in [6, 6.07) is 0. The number of rotatable bonds is 5. The van der Waals surface area contributed by atoms with E-state index in [0.29, 0.717) is 9.39 Å². The van der Waals surface area contributed by atoms with Crippen LogP contribution in [0.15, 0.2) is 12.5 Å². The number of nitrogens with zero attached hydrogens (tertiary/aromatic N) is 3. The number of alkyl halides is 2. The minimum atomic E-state index is -2.46. The summed E-state index contributed by atoms with van der Waals surface area (Å²) in [5.41, 5.74) is 0. The standard InChI is InChI=1S/C8H10F2IN3O/c9-7(10)4-14(1-2-15)8-6(11)3-12-5-13-8/h3,5,7,15H,1-2,4H2. The van der Waals surface area contributed by atoms with E-state index in [9.17, 15) is 8.78 Å². The molecule has 0 amide bonds. The van der Waals surface area contributed by atoms with Gasteiger partial charge in [-0.15, -0.1) is 0 Å². The van der Waals surface area contributed by atoms with Crippen LogP contribution in [0.2, 0.25) is 0 Å². The molecule has 0 saturated carbocycles. The predicted octanol–water partition coefficient (Wildman–Crippen LogP) is 1.15. The van der Waals surface area contributed by atoms with Gasteiger partial charge in [-0.3, -0.25) is 0 Å². The summed E-state index contributed by atoms with van der Waals surface area (Å²) in [6.45, 7) is -0.488. The topological polar surface area (TPSA) is 49.2 Å². The molecule has 0 aliphatic carbocycles. The van der Waals surface area contributed by atoms with E-state index < -0.39 is 13.0 Å². The van der Waals surface area contributed by atoms with E-state index in [-0.39, 0.29) is 13.2 Å². The van der Waals surface area contributed by atoms with Crippen LogP contribution in [0.4, 0.5) is 14.6 Å². The number of anilines is 1. The van der Waals surface area contributed by atoms with Crippen LogP contribution in [0.1, 0.15) is 0 Å². The van der Waals surface area contributed by atoms with Crippen molar-refractivity contribution in [2.24, 2.45) is 0 Å². The van der Waals surface area contributed by atoms with Gasteiger partial charge in [0.25, 0.3) is 6.43 Å². The first-order chi connectivity index (χ1) is 7.15. The van der Waals surface area contributed by atoms with Gasteiger partial charge in [0.2, 0.25) is 0 Å². The molecule has 0 fully saturated rings. The van der Waals surface area contributed by atoms with E-state index in [2.05, 4.69) is 9.97 Å². The lowest BCUT2D eigenvalue weighted by molar-refractivity contribution is 0.152. The van der Waals surface area contributed by atoms with Crippen LogP contribution in [0.25, 0.3) is 0 Å². The zero-order valence-corrected chi connectivity index (χ0v) is 9.93. The van der Waals surface area contributed by atoms with Crippen molar-refractivity contribution in [3.8, 4) is 0 Å². The van der Waals surface area contributed by atoms with Crippen LogP contribution < -0.4 is 4.90 Å². The highest BCUT2D eigenvalue weighted by molar-refractivity contribution is 14.1. The van der Waals surface area contributed by atoms with E-state index in [4.69, 9.17) is 5.11 Å². The Kier molecular flexibility index (Phi) is 5.09. The molecule has 0 aliphatic heterocycles. The van der Waals surface area contributed by atoms with E-state index >= 15 is 0 Å². The van der Waals surface area contributed by atoms with Crippen molar-refractivity contribution in [3.63, 3.8) is 0 Å². The van der Waals surface area contributed by atoms with Gasteiger partial charge < -0.3 is 10.0 Å². The van der Waals surface area contributed by atoms with Crippen molar-refractivity contribution < 1.29 is 13.9 Å². The molecule has 0 bridgehead atoms. The third-order valence-electron chi connectivity index (χ3n) is 1.68. The summed E-state index contributed by atoms with van der Waals surface area (Å²) in [5, 5.41) is 8.77. The third-order valence-corrected chi connectivity index (χ3v) is 2.44. The molecule has 0 aromatic carbocycles. The molecule has 1 rings (SSSR count). The van der Waals surface area contributed by atoms with Crippen LogP contribution in [0.3, 0.4) is 0 Å². The van der Waals surface area contributed by atoms with Gasteiger partial charge in [-0.25, -0.2) is 18.7 Å². The maximum absolute atomic E-state index is 12.3. The Morgan fingerprint density at radius 3 is 2.80 bits per heavy atom. The van der Waals surface area contributed by atoms with Gasteiger partial charge >= 0.3 is 0 Å². The summed E-state index contributed by atoms with van der Waals surface area (Å²) in [4.78, 5) is 9.03. The molecule has 1 N–H and O–H groups in total. The van der Waals surface area contributed by atoms with E-state index in [1.807, 2.05) is 22.6 Å². The molecule has 0 saturated heterocycles. The Hall–Kier alpha value is -0.570. The molecule has 0 radical (unpaired) electrons. The van der Waals surface area contributed by atoms with Gasteiger partial charge in [0.15, 0.2) is 0 Å². The molecule has 0 atom stereocenters. The van der Waals surface area contributed by atoms with Crippen molar-refractivity contribution in [3.05, 3.63) is 16.1 Å². The maximum Gasteiger partial charge on any atom is 0.255 e. The fourth-order valence-electron chi connectivity index (χ4n) is 1.11. The largest absolute Gasteiger partial charge is 0.395 e. The van der Waals surface area contributed by atoms with Crippen LogP contribution in [-0.2, 0) is 0 Å². The molecule has 0 spiro atoms. The summed E-state index contributed by atoms with van der Waals surface area (Å²) in [5.74, 6) is 0.431. The fraction of sp³-hybridized carbons (Fsp3) is 0.500. The predicted molar refractivity (Wildman–Crippen MR) is 60.1 cm³/mol. The summed E-state index contributed by atoms with van der Waals surface area (Å²) in [7, 11) is 0. The van der Waals surface area contributed by atoms with E-state index in [0.717, 1.165) is 0 Å². The highest BCUT2D eigenvalue weighted by Gasteiger charge is 2.15. The van der Waals surface area contributed by atoms with Gasteiger partial charge in [0.05, 0.1) is 16.7 Å². The fourth-order valence-corrected chi connectivity index (χ4v) is 1.75. The van der Waals surface area contributed by atoms with Crippen LogP contribution >= 0.6 is 22.6 Å². The minimum absolute atomic E-state index is 0.136. The molecule has 1 aromatic heterocycles. The van der Waals surface area contributed by atoms with Gasteiger partial charge in [-0.1, -0.05) is 0 Å². The number of aromatic nitrogens is 2. The van der Waals surface area contributed by atoms with Crippen molar-refractivity contribution in [1.29, 1.82) is 0 Å². The van der Waals surface area contributed by atoms with Crippen LogP contribution in [0, 0.1) is 3.57 Å². The molecular formula is C8H10F2IN3O. The SMILES string of the molecule is OCCN(CC(F)F)c1ncncc1I. The highest BCUT2D eigenvalue weighted by Crippen LogP contribution is 2.18. The van der Waals surface area contributed by atoms with Crippen LogP contribution in [0.5, 0.6) is 0 Å². The number of aliphatic hydroxyl groups excluding tert-OH is 1. The second-order valence-electron chi connectivity index (χ2n) is 2.75. The van der Waals surface area contributed by atoms with Gasteiger partial charge in [0, 0.05) is 12.7 Å². The first kappa shape index (κ1) is 12.5. The summed E-state index contributed by atoms with van der Waals surface area (Å²) in [6.07, 6.45) is 0.383. The van der Waals surface area contributed by atoms with E-state index in [1.54, 1.807) is 6.20 Å². The van der Waals surface area contributed by atoms with Crippen molar-refractivity contribution in [1.82, 2.24) is 9.97 Å². The second-order valence-corrected chi connectivity index (χ2v) is 3.92. The molecular weight excluding hydrogens is 319 g/mol. The third kappa shape index (κ3) is 3.82. The lowest BCUT2D eigenvalue weighted by atomic mass is 10.4. The minimum Gasteiger partial charge on any atom is -0.395 e. The average molecular weight is 329 g/mol. The lowest BCUT2D eigenvalue weighted by Crippen LogP contribution is -2.32. The second kappa shape index (κ2) is 6.11. The Bertz CT molecular complexity index is 314. The zero-order chi connectivity index (χ0) is 11.3. The Balaban J connectivity index is 2.83. The Labute approximate surface area is 99.5 Å². The summed E-state index contributed by atoms with van der Waals surface area (Å²) < 4.78 is 25.2. The molecule has 1 heterocycles. The first-order valence-corrected chi connectivity index (χ1v) is 5.32. The lowest BCUT2D eigenvalue weighted by Gasteiger charge is -2.22. The molecule has 84 valence electrons. The van der Waals surface area contributed by atoms with Crippen LogP contribution in [-0.4, -0.2) is 41.2 Å². The van der Waals surface area contributed by atoms with Gasteiger partial charge in [-0.2, -0.15) is 0 Å². The molecule has 1 aromatic rings. The van der Waals surface area contributed by atoms with Crippen molar-refractivity contribution in [2.75, 3.05) is 24.6 Å². The van der Waals surface area contributed by atoms with Crippen molar-refractivity contribution >= 4 is 28.4 Å². The smallest absolute Gasteiger partial charge is 0.255 e.